The number of benzene rings is 2. The van der Waals surface area contributed by atoms with Crippen molar-refractivity contribution < 1.29 is 19.1 Å². The molecule has 132 valence electrons. The van der Waals surface area contributed by atoms with Gasteiger partial charge in [-0.15, -0.1) is 0 Å². The van der Waals surface area contributed by atoms with Crippen LogP contribution in [0.2, 0.25) is 0 Å². The predicted octanol–water partition coefficient (Wildman–Crippen LogP) is 1.74. The number of rotatable bonds is 5. The molecule has 7 heteroatoms. The molecule has 26 heavy (non-hydrogen) atoms. The molecule has 1 aliphatic rings. The van der Waals surface area contributed by atoms with Crippen LogP contribution in [0.3, 0.4) is 0 Å². The van der Waals surface area contributed by atoms with E-state index in [0.717, 1.165) is 11.1 Å². The van der Waals surface area contributed by atoms with Gasteiger partial charge in [0.15, 0.2) is 6.61 Å². The molecule has 1 aliphatic heterocycles. The number of nitrogens with one attached hydrogen (secondary N) is 3. The van der Waals surface area contributed by atoms with E-state index in [0.29, 0.717) is 5.69 Å². The molecule has 1 heterocycles. The lowest BCUT2D eigenvalue weighted by atomic mass is 10.1. The summed E-state index contributed by atoms with van der Waals surface area (Å²) in [6.07, 6.45) is 1.48. The maximum Gasteiger partial charge on any atom is 0.356 e. The van der Waals surface area contributed by atoms with Crippen LogP contribution in [-0.2, 0) is 19.1 Å². The van der Waals surface area contributed by atoms with Crippen LogP contribution in [0.15, 0.2) is 66.4 Å². The molecule has 0 saturated carbocycles. The van der Waals surface area contributed by atoms with Crippen molar-refractivity contribution in [1.82, 2.24) is 10.9 Å². The summed E-state index contributed by atoms with van der Waals surface area (Å²) < 4.78 is 4.91. The number of hydrazine groups is 1. The Morgan fingerprint density at radius 1 is 0.962 bits per heavy atom. The van der Waals surface area contributed by atoms with Gasteiger partial charge >= 0.3 is 5.97 Å². The number of carbonyl (C=O) groups is 3. The highest BCUT2D eigenvalue weighted by atomic mass is 16.5. The Kier molecular flexibility index (Phi) is 5.28. The van der Waals surface area contributed by atoms with Crippen LogP contribution in [0, 0.1) is 0 Å². The predicted molar refractivity (Wildman–Crippen MR) is 95.4 cm³/mol. The fourth-order valence-electron chi connectivity index (χ4n) is 2.35. The molecule has 0 saturated heterocycles. The van der Waals surface area contributed by atoms with Gasteiger partial charge in [-0.2, -0.15) is 0 Å². The highest BCUT2D eigenvalue weighted by Gasteiger charge is 2.17. The Hall–Kier alpha value is -3.61. The van der Waals surface area contributed by atoms with Gasteiger partial charge in [-0.3, -0.25) is 20.4 Å². The first-order chi connectivity index (χ1) is 12.6. The van der Waals surface area contributed by atoms with Crippen LogP contribution in [0.25, 0.3) is 11.1 Å². The number of esters is 1. The molecule has 3 rings (SSSR count). The molecule has 0 unspecified atom stereocenters. The molecule has 2 aromatic rings. The van der Waals surface area contributed by atoms with Crippen LogP contribution >= 0.6 is 0 Å². The Labute approximate surface area is 150 Å². The Morgan fingerprint density at radius 2 is 1.65 bits per heavy atom. The van der Waals surface area contributed by atoms with Crippen molar-refractivity contribution in [3.05, 3.63) is 66.4 Å². The van der Waals surface area contributed by atoms with Crippen LogP contribution < -0.4 is 16.2 Å². The lowest BCUT2D eigenvalue weighted by Gasteiger charge is -2.15. The highest BCUT2D eigenvalue weighted by molar-refractivity contribution is 5.96. The number of carbonyl (C=O) groups excluding carboxylic acids is 3. The Balaban J connectivity index is 1.50. The zero-order valence-electron chi connectivity index (χ0n) is 13.8. The van der Waals surface area contributed by atoms with Gasteiger partial charge in [-0.25, -0.2) is 4.79 Å². The van der Waals surface area contributed by atoms with Gasteiger partial charge in [0.05, 0.1) is 0 Å². The fourth-order valence-corrected chi connectivity index (χ4v) is 2.35. The third-order valence-electron chi connectivity index (χ3n) is 3.66. The lowest BCUT2D eigenvalue weighted by molar-refractivity contribution is -0.144. The smallest absolute Gasteiger partial charge is 0.356 e. The topological polar surface area (TPSA) is 96.5 Å². The van der Waals surface area contributed by atoms with E-state index in [1.807, 2.05) is 42.5 Å². The number of ether oxygens (including phenoxy) is 1. The Morgan fingerprint density at radius 3 is 2.31 bits per heavy atom. The molecule has 0 bridgehead atoms. The molecule has 2 amide bonds. The normalized spacial score (nSPS) is 13.1. The zero-order chi connectivity index (χ0) is 18.4. The summed E-state index contributed by atoms with van der Waals surface area (Å²) in [5.41, 5.74) is 7.54. The molecule has 2 aromatic carbocycles. The molecule has 3 N–H and O–H groups in total. The average Bonchev–Trinajstić information content (AvgIpc) is 2.68. The van der Waals surface area contributed by atoms with Crippen LogP contribution in [0.4, 0.5) is 5.69 Å². The number of anilines is 1. The zero-order valence-corrected chi connectivity index (χ0v) is 13.8. The maximum atomic E-state index is 11.9. The van der Waals surface area contributed by atoms with Crippen molar-refractivity contribution in [1.29, 1.82) is 0 Å². The monoisotopic (exact) mass is 351 g/mol. The highest BCUT2D eigenvalue weighted by Crippen LogP contribution is 2.20. The summed E-state index contributed by atoms with van der Waals surface area (Å²) in [6, 6.07) is 17.2. The summed E-state index contributed by atoms with van der Waals surface area (Å²) >= 11 is 0. The largest absolute Gasteiger partial charge is 0.451 e. The molecular formula is C19H17N3O4. The second-order valence-electron chi connectivity index (χ2n) is 5.56. The lowest BCUT2D eigenvalue weighted by Crippen LogP contribution is -2.42. The van der Waals surface area contributed by atoms with Gasteiger partial charge in [0.1, 0.15) is 5.70 Å². The third-order valence-corrected chi connectivity index (χ3v) is 3.66. The van der Waals surface area contributed by atoms with Gasteiger partial charge in [0.25, 0.3) is 5.91 Å². The van der Waals surface area contributed by atoms with Gasteiger partial charge in [-0.1, -0.05) is 42.5 Å². The molecule has 0 atom stereocenters. The van der Waals surface area contributed by atoms with E-state index >= 15 is 0 Å². The van der Waals surface area contributed by atoms with Crippen molar-refractivity contribution in [3.8, 4) is 11.1 Å². The summed E-state index contributed by atoms with van der Waals surface area (Å²) in [7, 11) is 0. The Bertz CT molecular complexity index is 845. The van der Waals surface area contributed by atoms with Gasteiger partial charge < -0.3 is 10.1 Å². The molecular weight excluding hydrogens is 334 g/mol. The molecule has 0 aromatic heterocycles. The van der Waals surface area contributed by atoms with Crippen molar-refractivity contribution in [2.45, 2.75) is 6.42 Å². The quantitative estimate of drug-likeness (QED) is 0.713. The van der Waals surface area contributed by atoms with Crippen molar-refractivity contribution in [2.24, 2.45) is 0 Å². The number of hydrogen-bond donors (Lipinski definition) is 3. The van der Waals surface area contributed by atoms with Crippen LogP contribution in [-0.4, -0.2) is 24.4 Å². The minimum Gasteiger partial charge on any atom is -0.451 e. The van der Waals surface area contributed by atoms with Crippen LogP contribution in [0.5, 0.6) is 0 Å². The van der Waals surface area contributed by atoms with Gasteiger partial charge in [0, 0.05) is 12.1 Å². The SMILES string of the molecule is O=C1CC=C(C(=O)OCC(=O)Nc2ccc(-c3ccccc3)cc2)NN1. The van der Waals surface area contributed by atoms with Gasteiger partial charge in [-0.05, 0) is 29.3 Å². The minimum atomic E-state index is -0.709. The van der Waals surface area contributed by atoms with Crippen molar-refractivity contribution >= 4 is 23.5 Å². The molecule has 0 spiro atoms. The first-order valence-electron chi connectivity index (χ1n) is 7.99. The summed E-state index contributed by atoms with van der Waals surface area (Å²) in [6.45, 7) is -0.424. The third kappa shape index (κ3) is 4.47. The molecule has 0 radical (unpaired) electrons. The van der Waals surface area contributed by atoms with E-state index in [-0.39, 0.29) is 18.0 Å². The maximum absolute atomic E-state index is 11.9. The van der Waals surface area contributed by atoms with E-state index in [4.69, 9.17) is 4.74 Å². The van der Waals surface area contributed by atoms with Crippen molar-refractivity contribution in [2.75, 3.05) is 11.9 Å². The first kappa shape index (κ1) is 17.2. The van der Waals surface area contributed by atoms with E-state index in [1.165, 1.54) is 6.08 Å². The summed E-state index contributed by atoms with van der Waals surface area (Å²) in [5.74, 6) is -1.41. The minimum absolute atomic E-state index is 0.0807. The van der Waals surface area contributed by atoms with Gasteiger partial charge in [0.2, 0.25) is 5.91 Å². The fraction of sp³-hybridized carbons (Fsp3) is 0.105. The van der Waals surface area contributed by atoms with E-state index in [2.05, 4.69) is 16.2 Å². The van der Waals surface area contributed by atoms with E-state index < -0.39 is 18.5 Å². The first-order valence-corrected chi connectivity index (χ1v) is 7.99. The second-order valence-corrected chi connectivity index (χ2v) is 5.56. The average molecular weight is 351 g/mol. The number of amides is 2. The summed E-state index contributed by atoms with van der Waals surface area (Å²) in [4.78, 5) is 34.7. The number of hydrogen-bond acceptors (Lipinski definition) is 5. The molecule has 7 nitrogen and oxygen atoms in total. The van der Waals surface area contributed by atoms with E-state index in [9.17, 15) is 14.4 Å². The van der Waals surface area contributed by atoms with E-state index in [1.54, 1.807) is 12.1 Å². The van der Waals surface area contributed by atoms with Crippen LogP contribution in [0.1, 0.15) is 6.42 Å². The van der Waals surface area contributed by atoms with Crippen molar-refractivity contribution in [3.63, 3.8) is 0 Å². The molecule has 0 aliphatic carbocycles. The second kappa shape index (κ2) is 7.98. The standard InChI is InChI=1S/C19H17N3O4/c23-17-11-10-16(21-22-17)19(25)26-12-18(24)20-15-8-6-14(7-9-15)13-4-2-1-3-5-13/h1-10,21H,11-12H2,(H,20,24)(H,22,23). The summed E-state index contributed by atoms with van der Waals surface area (Å²) in [5, 5.41) is 2.66. The molecule has 0 fully saturated rings.